The van der Waals surface area contributed by atoms with Crippen molar-refractivity contribution in [1.29, 1.82) is 0 Å². The number of hydrogen-bond acceptors (Lipinski definition) is 4. The Morgan fingerprint density at radius 3 is 2.05 bits per heavy atom. The van der Waals surface area contributed by atoms with Gasteiger partial charge in [-0.05, 0) is 45.4 Å². The molecule has 0 aliphatic rings. The maximum Gasteiger partial charge on any atom is 0.216 e. The third-order valence-corrected chi connectivity index (χ3v) is 4.81. The molecular weight excluding hydrogens is 264 g/mol. The van der Waals surface area contributed by atoms with Crippen molar-refractivity contribution in [3.05, 3.63) is 29.8 Å². The van der Waals surface area contributed by atoms with Gasteiger partial charge in [0.1, 0.15) is 0 Å². The summed E-state index contributed by atoms with van der Waals surface area (Å²) in [5, 5.41) is 9.97. The molecular formula is C13H22N2O3S. The zero-order valence-electron chi connectivity index (χ0n) is 11.8. The fourth-order valence-corrected chi connectivity index (χ4v) is 3.11. The van der Waals surface area contributed by atoms with Crippen LogP contribution in [0.4, 0.5) is 5.69 Å². The van der Waals surface area contributed by atoms with Crippen LogP contribution in [0.5, 0.6) is 0 Å². The molecule has 0 fully saturated rings. The van der Waals surface area contributed by atoms with Crippen LogP contribution >= 0.6 is 0 Å². The first-order chi connectivity index (χ1) is 8.43. The molecule has 0 amide bonds. The number of aliphatic hydroxyl groups is 1. The molecule has 0 atom stereocenters. The van der Waals surface area contributed by atoms with Crippen molar-refractivity contribution >= 4 is 15.7 Å². The summed E-state index contributed by atoms with van der Waals surface area (Å²) in [5.74, 6) is -0.146. The molecule has 1 rings (SSSR count). The van der Waals surface area contributed by atoms with Crippen molar-refractivity contribution in [2.75, 3.05) is 5.73 Å². The molecule has 0 heterocycles. The monoisotopic (exact) mass is 286 g/mol. The Morgan fingerprint density at radius 1 is 1.16 bits per heavy atom. The highest BCUT2D eigenvalue weighted by molar-refractivity contribution is 7.88. The average molecular weight is 286 g/mol. The summed E-state index contributed by atoms with van der Waals surface area (Å²) in [6.07, 6.45) is 0. The van der Waals surface area contributed by atoms with E-state index in [2.05, 4.69) is 4.72 Å². The molecule has 0 saturated carbocycles. The van der Waals surface area contributed by atoms with Crippen molar-refractivity contribution in [3.8, 4) is 0 Å². The number of benzene rings is 1. The van der Waals surface area contributed by atoms with Crippen LogP contribution in [-0.2, 0) is 15.8 Å². The molecule has 1 aromatic rings. The van der Waals surface area contributed by atoms with Gasteiger partial charge in [0.15, 0.2) is 0 Å². The van der Waals surface area contributed by atoms with Crippen LogP contribution in [0.2, 0.25) is 0 Å². The van der Waals surface area contributed by atoms with Gasteiger partial charge in [0.05, 0.1) is 16.9 Å². The van der Waals surface area contributed by atoms with Gasteiger partial charge in [-0.25, -0.2) is 13.1 Å². The third-order valence-electron chi connectivity index (χ3n) is 3.28. The van der Waals surface area contributed by atoms with E-state index in [1.54, 1.807) is 52.0 Å². The van der Waals surface area contributed by atoms with Gasteiger partial charge in [0.2, 0.25) is 10.0 Å². The van der Waals surface area contributed by atoms with Gasteiger partial charge in [-0.3, -0.25) is 0 Å². The minimum absolute atomic E-state index is 0.146. The van der Waals surface area contributed by atoms with E-state index in [-0.39, 0.29) is 5.75 Å². The van der Waals surface area contributed by atoms with Crippen LogP contribution in [0.25, 0.3) is 0 Å². The molecule has 0 aliphatic carbocycles. The number of rotatable bonds is 5. The topological polar surface area (TPSA) is 92.4 Å². The highest BCUT2D eigenvalue weighted by Crippen LogP contribution is 2.22. The summed E-state index contributed by atoms with van der Waals surface area (Å²) >= 11 is 0. The average Bonchev–Trinajstić information content (AvgIpc) is 2.17. The van der Waals surface area contributed by atoms with E-state index in [0.717, 1.165) is 0 Å². The maximum absolute atomic E-state index is 12.1. The summed E-state index contributed by atoms with van der Waals surface area (Å²) < 4.78 is 26.7. The van der Waals surface area contributed by atoms with E-state index in [1.807, 2.05) is 0 Å². The molecule has 0 spiro atoms. The molecule has 19 heavy (non-hydrogen) atoms. The molecule has 0 bridgehead atoms. The van der Waals surface area contributed by atoms with Gasteiger partial charge in [0.25, 0.3) is 0 Å². The summed E-state index contributed by atoms with van der Waals surface area (Å²) in [6.45, 7) is 6.43. The Balaban J connectivity index is 2.86. The lowest BCUT2D eigenvalue weighted by atomic mass is 9.87. The van der Waals surface area contributed by atoms with Gasteiger partial charge in [-0.15, -0.1) is 0 Å². The van der Waals surface area contributed by atoms with Crippen LogP contribution in [0, 0.1) is 0 Å². The van der Waals surface area contributed by atoms with Crippen LogP contribution in [0.1, 0.15) is 33.3 Å². The molecule has 0 aliphatic heterocycles. The van der Waals surface area contributed by atoms with Gasteiger partial charge in [-0.1, -0.05) is 12.1 Å². The second-order valence-electron chi connectivity index (χ2n) is 5.79. The predicted molar refractivity (Wildman–Crippen MR) is 77.0 cm³/mol. The Bertz CT molecular complexity index is 528. The molecule has 5 nitrogen and oxygen atoms in total. The first kappa shape index (κ1) is 15.9. The van der Waals surface area contributed by atoms with E-state index in [1.165, 1.54) is 0 Å². The fourth-order valence-electron chi connectivity index (χ4n) is 1.38. The molecule has 4 N–H and O–H groups in total. The smallest absolute Gasteiger partial charge is 0.216 e. The van der Waals surface area contributed by atoms with Gasteiger partial charge >= 0.3 is 0 Å². The standard InChI is InChI=1S/C13H22N2O3S/c1-12(2,13(3,4)16)15-19(17,18)9-10-5-7-11(14)8-6-10/h5-8,15-16H,9,14H2,1-4H3. The predicted octanol–water partition coefficient (Wildman–Crippen LogP) is 1.24. The van der Waals surface area contributed by atoms with Gasteiger partial charge < -0.3 is 10.8 Å². The highest BCUT2D eigenvalue weighted by atomic mass is 32.2. The normalized spacial score (nSPS) is 13.5. The zero-order valence-corrected chi connectivity index (χ0v) is 12.6. The van der Waals surface area contributed by atoms with Crippen molar-refractivity contribution in [3.63, 3.8) is 0 Å². The first-order valence-corrected chi connectivity index (χ1v) is 7.67. The van der Waals surface area contributed by atoms with E-state index in [4.69, 9.17) is 5.73 Å². The lowest BCUT2D eigenvalue weighted by Gasteiger charge is -2.37. The number of nitrogens with one attached hydrogen (secondary N) is 1. The minimum atomic E-state index is -3.54. The number of nitrogen functional groups attached to an aromatic ring is 1. The Hall–Kier alpha value is -1.11. The maximum atomic E-state index is 12.1. The quantitative estimate of drug-likeness (QED) is 0.710. The fraction of sp³-hybridized carbons (Fsp3) is 0.538. The molecule has 0 aromatic heterocycles. The number of anilines is 1. The van der Waals surface area contributed by atoms with Crippen molar-refractivity contribution < 1.29 is 13.5 Å². The second-order valence-corrected chi connectivity index (χ2v) is 7.51. The highest BCUT2D eigenvalue weighted by Gasteiger charge is 2.38. The molecule has 0 radical (unpaired) electrons. The zero-order chi connectivity index (χ0) is 14.9. The number of nitrogens with two attached hydrogens (primary N) is 1. The van der Waals surface area contributed by atoms with Crippen molar-refractivity contribution in [1.82, 2.24) is 4.72 Å². The number of hydrogen-bond donors (Lipinski definition) is 3. The molecule has 0 saturated heterocycles. The van der Waals surface area contributed by atoms with Crippen LogP contribution < -0.4 is 10.5 Å². The van der Waals surface area contributed by atoms with Crippen LogP contribution in [-0.4, -0.2) is 24.7 Å². The van der Waals surface area contributed by atoms with E-state index in [9.17, 15) is 13.5 Å². The largest absolute Gasteiger partial charge is 0.399 e. The first-order valence-electron chi connectivity index (χ1n) is 6.01. The summed E-state index contributed by atoms with van der Waals surface area (Å²) in [5.41, 5.74) is 4.66. The summed E-state index contributed by atoms with van der Waals surface area (Å²) in [7, 11) is -3.54. The summed E-state index contributed by atoms with van der Waals surface area (Å²) in [4.78, 5) is 0. The van der Waals surface area contributed by atoms with Crippen molar-refractivity contribution in [2.45, 2.75) is 44.6 Å². The van der Waals surface area contributed by atoms with Crippen LogP contribution in [0.15, 0.2) is 24.3 Å². The van der Waals surface area contributed by atoms with E-state index < -0.39 is 21.2 Å². The lowest BCUT2D eigenvalue weighted by Crippen LogP contribution is -2.57. The van der Waals surface area contributed by atoms with Gasteiger partial charge in [0, 0.05) is 5.69 Å². The molecule has 6 heteroatoms. The second kappa shape index (κ2) is 5.11. The Labute approximate surface area is 114 Å². The van der Waals surface area contributed by atoms with Crippen molar-refractivity contribution in [2.24, 2.45) is 0 Å². The van der Waals surface area contributed by atoms with E-state index >= 15 is 0 Å². The third kappa shape index (κ3) is 4.49. The lowest BCUT2D eigenvalue weighted by molar-refractivity contribution is 0.00636. The Morgan fingerprint density at radius 2 is 1.63 bits per heavy atom. The van der Waals surface area contributed by atoms with Gasteiger partial charge in [-0.2, -0.15) is 0 Å². The SMILES string of the molecule is CC(C)(O)C(C)(C)NS(=O)(=O)Cc1ccc(N)cc1. The number of sulfonamides is 1. The Kier molecular flexibility index (Phi) is 4.29. The van der Waals surface area contributed by atoms with E-state index in [0.29, 0.717) is 11.3 Å². The molecule has 1 aromatic carbocycles. The van der Waals surface area contributed by atoms with Crippen LogP contribution in [0.3, 0.4) is 0 Å². The minimum Gasteiger partial charge on any atom is -0.399 e. The molecule has 108 valence electrons. The summed E-state index contributed by atoms with van der Waals surface area (Å²) in [6, 6.07) is 6.66. The molecule has 0 unspecified atom stereocenters.